The van der Waals surface area contributed by atoms with Gasteiger partial charge in [0.1, 0.15) is 5.58 Å². The van der Waals surface area contributed by atoms with Crippen LogP contribution in [-0.2, 0) is 0 Å². The lowest BCUT2D eigenvalue weighted by Gasteiger charge is -2.31. The van der Waals surface area contributed by atoms with E-state index >= 15 is 0 Å². The van der Waals surface area contributed by atoms with Crippen molar-refractivity contribution in [3.63, 3.8) is 0 Å². The smallest absolute Gasteiger partial charge is 0.289 e. The zero-order chi connectivity index (χ0) is 15.1. The van der Waals surface area contributed by atoms with Crippen LogP contribution in [0.5, 0.6) is 0 Å². The topological polar surface area (TPSA) is 45.5 Å². The first-order chi connectivity index (χ1) is 9.99. The molecule has 21 heavy (non-hydrogen) atoms. The largest absolute Gasteiger partial charge is 0.450 e. The Morgan fingerprint density at radius 1 is 1.29 bits per heavy atom. The van der Waals surface area contributed by atoms with Crippen molar-refractivity contribution in [2.75, 3.05) is 19.6 Å². The average molecular weight is 286 g/mol. The van der Waals surface area contributed by atoms with E-state index in [2.05, 4.69) is 25.2 Å². The number of hydrogen-bond donors (Lipinski definition) is 1. The maximum Gasteiger partial charge on any atom is 0.289 e. The maximum atomic E-state index is 12.8. The van der Waals surface area contributed by atoms with Gasteiger partial charge in [0.25, 0.3) is 5.91 Å². The summed E-state index contributed by atoms with van der Waals surface area (Å²) >= 11 is 0. The molecule has 1 atom stereocenters. The normalized spacial score (nSPS) is 19.2. The van der Waals surface area contributed by atoms with Gasteiger partial charge in [-0.05, 0) is 38.8 Å². The van der Waals surface area contributed by atoms with Crippen molar-refractivity contribution in [1.29, 1.82) is 0 Å². The maximum absolute atomic E-state index is 12.8. The number of rotatable bonds is 1. The highest BCUT2D eigenvalue weighted by Crippen LogP contribution is 2.31. The molecule has 1 amide bonds. The first-order valence-electron chi connectivity index (χ1n) is 7.51. The van der Waals surface area contributed by atoms with Gasteiger partial charge in [-0.1, -0.05) is 12.1 Å². The number of nitrogens with zero attached hydrogens (tertiary/aromatic N) is 1. The van der Waals surface area contributed by atoms with Crippen LogP contribution in [0.25, 0.3) is 11.0 Å². The average Bonchev–Trinajstić information content (AvgIpc) is 2.81. The molecule has 1 N–H and O–H groups in total. The second kappa shape index (κ2) is 5.19. The number of fused-ring (bicyclic) bond motifs is 1. The predicted octanol–water partition coefficient (Wildman–Crippen LogP) is 2.79. The summed E-state index contributed by atoms with van der Waals surface area (Å²) in [6.07, 6.45) is 0. The molecule has 1 aliphatic heterocycles. The van der Waals surface area contributed by atoms with Gasteiger partial charge in [-0.15, -0.1) is 0 Å². The molecule has 1 aromatic carbocycles. The lowest BCUT2D eigenvalue weighted by molar-refractivity contribution is 0.0678. The van der Waals surface area contributed by atoms with Gasteiger partial charge in [-0.25, -0.2) is 0 Å². The third-order valence-corrected chi connectivity index (χ3v) is 4.33. The molecule has 0 radical (unpaired) electrons. The Bertz CT molecular complexity index is 702. The van der Waals surface area contributed by atoms with Crippen molar-refractivity contribution in [2.45, 2.75) is 33.7 Å². The lowest BCUT2D eigenvalue weighted by Crippen LogP contribution is -2.51. The van der Waals surface area contributed by atoms with Crippen LogP contribution in [0, 0.1) is 20.8 Å². The fourth-order valence-electron chi connectivity index (χ4n) is 3.14. The van der Waals surface area contributed by atoms with E-state index in [9.17, 15) is 4.79 Å². The SMILES string of the molecule is Cc1ccc(C)c2c(C)c(C(=O)N3CCNC(C)C3)oc12. The number of aryl methyl sites for hydroxylation is 3. The zero-order valence-electron chi connectivity index (χ0n) is 13.1. The summed E-state index contributed by atoms with van der Waals surface area (Å²) in [5, 5.41) is 4.44. The van der Waals surface area contributed by atoms with Crippen LogP contribution in [0.4, 0.5) is 0 Å². The van der Waals surface area contributed by atoms with Gasteiger partial charge in [-0.3, -0.25) is 4.79 Å². The highest BCUT2D eigenvalue weighted by atomic mass is 16.3. The molecule has 112 valence electrons. The van der Waals surface area contributed by atoms with E-state index in [-0.39, 0.29) is 5.91 Å². The molecule has 1 aliphatic rings. The van der Waals surface area contributed by atoms with E-state index in [0.717, 1.165) is 47.3 Å². The summed E-state index contributed by atoms with van der Waals surface area (Å²) in [7, 11) is 0. The van der Waals surface area contributed by atoms with Crippen LogP contribution in [0.1, 0.15) is 34.2 Å². The Kier molecular flexibility index (Phi) is 3.49. The Morgan fingerprint density at radius 2 is 2.00 bits per heavy atom. The third-order valence-electron chi connectivity index (χ3n) is 4.33. The van der Waals surface area contributed by atoms with Crippen LogP contribution in [0.3, 0.4) is 0 Å². The van der Waals surface area contributed by atoms with E-state index in [1.165, 1.54) is 0 Å². The van der Waals surface area contributed by atoms with Gasteiger partial charge in [0.2, 0.25) is 0 Å². The van der Waals surface area contributed by atoms with E-state index in [1.807, 2.05) is 24.8 Å². The van der Waals surface area contributed by atoms with Crippen molar-refractivity contribution < 1.29 is 9.21 Å². The number of benzene rings is 1. The van der Waals surface area contributed by atoms with E-state index in [1.54, 1.807) is 0 Å². The summed E-state index contributed by atoms with van der Waals surface area (Å²) < 4.78 is 5.95. The molecule has 1 unspecified atom stereocenters. The second-order valence-electron chi connectivity index (χ2n) is 6.07. The van der Waals surface area contributed by atoms with Gasteiger partial charge in [-0.2, -0.15) is 0 Å². The zero-order valence-corrected chi connectivity index (χ0v) is 13.1. The van der Waals surface area contributed by atoms with E-state index < -0.39 is 0 Å². The number of piperazine rings is 1. The van der Waals surface area contributed by atoms with Gasteiger partial charge in [0, 0.05) is 36.6 Å². The van der Waals surface area contributed by atoms with Gasteiger partial charge in [0.15, 0.2) is 5.76 Å². The Hall–Kier alpha value is -1.81. The monoisotopic (exact) mass is 286 g/mol. The van der Waals surface area contributed by atoms with Crippen LogP contribution < -0.4 is 5.32 Å². The van der Waals surface area contributed by atoms with Crippen molar-refractivity contribution >= 4 is 16.9 Å². The summed E-state index contributed by atoms with van der Waals surface area (Å²) in [6.45, 7) is 10.5. The van der Waals surface area contributed by atoms with Crippen LogP contribution in [0.15, 0.2) is 16.5 Å². The summed E-state index contributed by atoms with van der Waals surface area (Å²) in [4.78, 5) is 14.6. The first-order valence-corrected chi connectivity index (χ1v) is 7.51. The molecule has 4 heteroatoms. The van der Waals surface area contributed by atoms with Crippen molar-refractivity contribution in [1.82, 2.24) is 10.2 Å². The predicted molar refractivity (Wildman–Crippen MR) is 83.8 cm³/mol. The van der Waals surface area contributed by atoms with E-state index in [4.69, 9.17) is 4.42 Å². The highest BCUT2D eigenvalue weighted by Gasteiger charge is 2.27. The van der Waals surface area contributed by atoms with Crippen molar-refractivity contribution in [3.05, 3.63) is 34.6 Å². The third kappa shape index (κ3) is 2.33. The molecule has 0 saturated carbocycles. The van der Waals surface area contributed by atoms with Gasteiger partial charge in [0.05, 0.1) is 0 Å². The molecule has 0 spiro atoms. The Labute approximate surface area is 125 Å². The quantitative estimate of drug-likeness (QED) is 0.877. The van der Waals surface area contributed by atoms with Crippen LogP contribution in [-0.4, -0.2) is 36.5 Å². The number of furan rings is 1. The molecule has 2 heterocycles. The minimum atomic E-state index is 0.0100. The van der Waals surface area contributed by atoms with Crippen LogP contribution in [0.2, 0.25) is 0 Å². The summed E-state index contributed by atoms with van der Waals surface area (Å²) in [5.41, 5.74) is 4.04. The summed E-state index contributed by atoms with van der Waals surface area (Å²) in [5.74, 6) is 0.507. The Balaban J connectivity index is 2.04. The number of amides is 1. The van der Waals surface area contributed by atoms with Crippen LogP contribution >= 0.6 is 0 Å². The second-order valence-corrected chi connectivity index (χ2v) is 6.07. The molecule has 1 aromatic heterocycles. The minimum Gasteiger partial charge on any atom is -0.450 e. The van der Waals surface area contributed by atoms with E-state index in [0.29, 0.717) is 11.8 Å². The number of carbonyl (C=O) groups is 1. The van der Waals surface area contributed by atoms with Crippen molar-refractivity contribution in [3.8, 4) is 0 Å². The molecule has 1 saturated heterocycles. The molecule has 0 aliphatic carbocycles. The molecule has 1 fully saturated rings. The Morgan fingerprint density at radius 3 is 2.67 bits per heavy atom. The highest BCUT2D eigenvalue weighted by molar-refractivity contribution is 6.00. The molecule has 4 nitrogen and oxygen atoms in total. The van der Waals surface area contributed by atoms with Gasteiger partial charge >= 0.3 is 0 Å². The number of hydrogen-bond acceptors (Lipinski definition) is 3. The molecule has 2 aromatic rings. The fraction of sp³-hybridized carbons (Fsp3) is 0.471. The number of nitrogens with one attached hydrogen (secondary N) is 1. The number of carbonyl (C=O) groups excluding carboxylic acids is 1. The molecular weight excluding hydrogens is 264 g/mol. The lowest BCUT2D eigenvalue weighted by atomic mass is 10.0. The fourth-order valence-corrected chi connectivity index (χ4v) is 3.14. The standard InChI is InChI=1S/C17H22N2O2/c1-10-5-6-11(2)15-14(10)13(4)16(21-15)17(20)19-8-7-18-12(3)9-19/h5-6,12,18H,7-9H2,1-4H3. The summed E-state index contributed by atoms with van der Waals surface area (Å²) in [6, 6.07) is 4.46. The minimum absolute atomic E-state index is 0.0100. The van der Waals surface area contributed by atoms with Gasteiger partial charge < -0.3 is 14.6 Å². The molecule has 0 bridgehead atoms. The van der Waals surface area contributed by atoms with Crippen molar-refractivity contribution in [2.24, 2.45) is 0 Å². The first kappa shape index (κ1) is 14.1. The molecule has 3 rings (SSSR count). The molecular formula is C17H22N2O2.